The number of nitriles is 1. The molecule has 1 aromatic rings. The van der Waals surface area contributed by atoms with Gasteiger partial charge in [-0.15, -0.1) is 0 Å². The van der Waals surface area contributed by atoms with Crippen LogP contribution in [0.3, 0.4) is 0 Å². The van der Waals surface area contributed by atoms with Crippen molar-refractivity contribution < 1.29 is 5.11 Å². The molecule has 1 aliphatic carbocycles. The average molecular weight is 250 g/mol. The highest BCUT2D eigenvalue weighted by atomic mass is 32.1. The van der Waals surface area contributed by atoms with Crippen molar-refractivity contribution in [1.29, 1.82) is 5.26 Å². The largest absolute Gasteiger partial charge is 0.393 e. The van der Waals surface area contributed by atoms with Gasteiger partial charge < -0.3 is 15.7 Å². The molecule has 2 fully saturated rings. The number of hydrogen-bond donors (Lipinski definition) is 2. The molecular weight excluding hydrogens is 236 g/mol. The Labute approximate surface area is 104 Å². The molecule has 1 saturated carbocycles. The van der Waals surface area contributed by atoms with Crippen LogP contribution >= 0.6 is 11.5 Å². The quantitative estimate of drug-likeness (QED) is 0.770. The summed E-state index contributed by atoms with van der Waals surface area (Å²) in [5.74, 6) is 1.23. The van der Waals surface area contributed by atoms with Crippen molar-refractivity contribution in [2.24, 2.45) is 11.8 Å². The Balaban J connectivity index is 1.86. The maximum atomic E-state index is 9.87. The molecule has 2 heterocycles. The lowest BCUT2D eigenvalue weighted by Gasteiger charge is -2.18. The lowest BCUT2D eigenvalue weighted by molar-refractivity contribution is 0.134. The summed E-state index contributed by atoms with van der Waals surface area (Å²) in [7, 11) is 0. The van der Waals surface area contributed by atoms with Gasteiger partial charge in [0.15, 0.2) is 5.82 Å². The normalized spacial score (nSPS) is 31.5. The van der Waals surface area contributed by atoms with Gasteiger partial charge in [-0.3, -0.25) is 0 Å². The number of hydrogen-bond acceptors (Lipinski definition) is 6. The van der Waals surface area contributed by atoms with E-state index in [0.717, 1.165) is 30.9 Å². The van der Waals surface area contributed by atoms with Gasteiger partial charge in [0.1, 0.15) is 16.6 Å². The third-order valence-electron chi connectivity index (χ3n) is 3.92. The predicted molar refractivity (Wildman–Crippen MR) is 65.7 cm³/mol. The lowest BCUT2D eigenvalue weighted by atomic mass is 10.00. The topological polar surface area (TPSA) is 86.2 Å². The Morgan fingerprint density at radius 1 is 1.47 bits per heavy atom. The van der Waals surface area contributed by atoms with E-state index in [4.69, 9.17) is 11.0 Å². The molecule has 1 aliphatic heterocycles. The zero-order chi connectivity index (χ0) is 12.0. The molecule has 17 heavy (non-hydrogen) atoms. The molecule has 3 unspecified atom stereocenters. The van der Waals surface area contributed by atoms with E-state index in [0.29, 0.717) is 23.2 Å². The fourth-order valence-electron chi connectivity index (χ4n) is 3.02. The van der Waals surface area contributed by atoms with Gasteiger partial charge in [-0.05, 0) is 30.3 Å². The van der Waals surface area contributed by atoms with Gasteiger partial charge in [-0.1, -0.05) is 0 Å². The minimum Gasteiger partial charge on any atom is -0.393 e. The van der Waals surface area contributed by atoms with Crippen molar-refractivity contribution in [2.45, 2.75) is 18.9 Å². The first-order valence-corrected chi connectivity index (χ1v) is 6.56. The Hall–Kier alpha value is -1.32. The number of aromatic nitrogens is 1. The molecule has 1 aromatic heterocycles. The Kier molecular flexibility index (Phi) is 2.45. The second-order valence-corrected chi connectivity index (χ2v) is 5.59. The summed E-state index contributed by atoms with van der Waals surface area (Å²) in [5, 5.41) is 19.8. The van der Waals surface area contributed by atoms with Gasteiger partial charge in [0, 0.05) is 19.0 Å². The molecule has 5 nitrogen and oxygen atoms in total. The highest BCUT2D eigenvalue weighted by Gasteiger charge is 2.42. The maximum absolute atomic E-state index is 9.87. The summed E-state index contributed by atoms with van der Waals surface area (Å²) in [6.07, 6.45) is 1.82. The summed E-state index contributed by atoms with van der Waals surface area (Å²) in [5.41, 5.74) is 6.15. The number of aliphatic hydroxyl groups is 1. The molecule has 90 valence electrons. The van der Waals surface area contributed by atoms with E-state index in [2.05, 4.69) is 15.3 Å². The third kappa shape index (κ3) is 1.58. The molecule has 0 aromatic carbocycles. The zero-order valence-electron chi connectivity index (χ0n) is 9.33. The number of aliphatic hydroxyl groups excluding tert-OH is 1. The van der Waals surface area contributed by atoms with Crippen molar-refractivity contribution in [3.8, 4) is 6.07 Å². The monoisotopic (exact) mass is 250 g/mol. The number of nitrogens with two attached hydrogens (primary N) is 1. The highest BCUT2D eigenvalue weighted by Crippen LogP contribution is 2.42. The standard InChI is InChI=1S/C11H14N4OS/c12-3-7-10(13)14-17-11(7)15-4-6-1-2-9(16)8(6)5-15/h6,8-9,16H,1-2,4-5H2,(H2,13,14). The molecule has 0 amide bonds. The maximum Gasteiger partial charge on any atom is 0.157 e. The van der Waals surface area contributed by atoms with Crippen LogP contribution in [0.2, 0.25) is 0 Å². The third-order valence-corrected chi connectivity index (χ3v) is 4.84. The van der Waals surface area contributed by atoms with Gasteiger partial charge in [0.2, 0.25) is 0 Å². The zero-order valence-corrected chi connectivity index (χ0v) is 10.2. The number of rotatable bonds is 1. The van der Waals surface area contributed by atoms with Crippen molar-refractivity contribution in [3.63, 3.8) is 0 Å². The molecular formula is C11H14N4OS. The Morgan fingerprint density at radius 2 is 2.29 bits per heavy atom. The summed E-state index contributed by atoms with van der Waals surface area (Å²) < 4.78 is 4.04. The molecule has 0 radical (unpaired) electrons. The van der Waals surface area contributed by atoms with Gasteiger partial charge in [-0.25, -0.2) is 0 Å². The average Bonchev–Trinajstić information content (AvgIpc) is 2.95. The van der Waals surface area contributed by atoms with Crippen LogP contribution in [0.25, 0.3) is 0 Å². The van der Waals surface area contributed by atoms with Crippen LogP contribution in [0, 0.1) is 23.2 Å². The van der Waals surface area contributed by atoms with Crippen LogP contribution in [0.1, 0.15) is 18.4 Å². The first kappa shape index (κ1) is 10.8. The first-order chi connectivity index (χ1) is 8.20. The van der Waals surface area contributed by atoms with E-state index in [1.165, 1.54) is 11.5 Å². The van der Waals surface area contributed by atoms with Crippen LogP contribution < -0.4 is 10.6 Å². The number of anilines is 2. The van der Waals surface area contributed by atoms with Crippen LogP contribution in [0.4, 0.5) is 10.8 Å². The van der Waals surface area contributed by atoms with Gasteiger partial charge in [-0.2, -0.15) is 9.64 Å². The van der Waals surface area contributed by atoms with Gasteiger partial charge in [0.25, 0.3) is 0 Å². The molecule has 3 rings (SSSR count). The van der Waals surface area contributed by atoms with Crippen LogP contribution in [0.15, 0.2) is 0 Å². The SMILES string of the molecule is N#Cc1c(N)nsc1N1CC2CCC(O)C2C1. The van der Waals surface area contributed by atoms with E-state index >= 15 is 0 Å². The Bertz CT molecular complexity index is 480. The number of fused-ring (bicyclic) bond motifs is 1. The van der Waals surface area contributed by atoms with E-state index in [1.807, 2.05) is 0 Å². The summed E-state index contributed by atoms with van der Waals surface area (Å²) >= 11 is 1.28. The second-order valence-electron chi connectivity index (χ2n) is 4.83. The summed E-state index contributed by atoms with van der Waals surface area (Å²) in [4.78, 5) is 2.16. The molecule has 1 saturated heterocycles. The van der Waals surface area contributed by atoms with Crippen LogP contribution in [0.5, 0.6) is 0 Å². The predicted octanol–water partition coefficient (Wildman–Crippen LogP) is 0.804. The number of nitrogens with zero attached hydrogens (tertiary/aromatic N) is 3. The van der Waals surface area contributed by atoms with Crippen molar-refractivity contribution in [1.82, 2.24) is 4.37 Å². The molecule has 3 atom stereocenters. The minimum absolute atomic E-state index is 0.180. The summed E-state index contributed by atoms with van der Waals surface area (Å²) in [6.45, 7) is 1.74. The van der Waals surface area contributed by atoms with Gasteiger partial charge >= 0.3 is 0 Å². The first-order valence-electron chi connectivity index (χ1n) is 5.79. The molecule has 3 N–H and O–H groups in total. The van der Waals surface area contributed by atoms with E-state index in [9.17, 15) is 5.11 Å². The minimum atomic E-state index is -0.180. The van der Waals surface area contributed by atoms with Crippen LogP contribution in [-0.4, -0.2) is 28.7 Å². The van der Waals surface area contributed by atoms with Crippen molar-refractivity contribution >= 4 is 22.4 Å². The Morgan fingerprint density at radius 3 is 3.00 bits per heavy atom. The fraction of sp³-hybridized carbons (Fsp3) is 0.636. The smallest absolute Gasteiger partial charge is 0.157 e. The highest BCUT2D eigenvalue weighted by molar-refractivity contribution is 7.10. The van der Waals surface area contributed by atoms with E-state index < -0.39 is 0 Å². The van der Waals surface area contributed by atoms with Gasteiger partial charge in [0.05, 0.1) is 6.10 Å². The summed E-state index contributed by atoms with van der Waals surface area (Å²) in [6, 6.07) is 2.12. The molecule has 6 heteroatoms. The molecule has 0 bridgehead atoms. The fourth-order valence-corrected chi connectivity index (χ4v) is 3.80. The van der Waals surface area contributed by atoms with Crippen molar-refractivity contribution in [3.05, 3.63) is 5.56 Å². The van der Waals surface area contributed by atoms with E-state index in [-0.39, 0.29) is 6.10 Å². The van der Waals surface area contributed by atoms with Crippen LogP contribution in [-0.2, 0) is 0 Å². The lowest BCUT2D eigenvalue weighted by Crippen LogP contribution is -2.24. The van der Waals surface area contributed by atoms with Crippen molar-refractivity contribution in [2.75, 3.05) is 23.7 Å². The van der Waals surface area contributed by atoms with E-state index in [1.54, 1.807) is 0 Å². The molecule has 2 aliphatic rings. The number of nitrogen functional groups attached to an aromatic ring is 1. The molecule has 0 spiro atoms. The second kappa shape index (κ2) is 3.86.